The van der Waals surface area contributed by atoms with Gasteiger partial charge in [-0.05, 0) is 13.0 Å². The van der Waals surface area contributed by atoms with Crippen molar-refractivity contribution < 1.29 is 31.8 Å². The normalized spacial score (nSPS) is 11.0. The maximum absolute atomic E-state index is 13.7. The molecule has 1 aromatic rings. The highest BCUT2D eigenvalue weighted by molar-refractivity contribution is 5.82. The van der Waals surface area contributed by atoms with Crippen LogP contribution in [0.2, 0.25) is 0 Å². The van der Waals surface area contributed by atoms with Gasteiger partial charge in [-0.15, -0.1) is 0 Å². The van der Waals surface area contributed by atoms with Crippen molar-refractivity contribution in [3.05, 3.63) is 35.9 Å². The molecule has 0 unspecified atom stereocenters. The molecule has 0 aromatic heterocycles. The summed E-state index contributed by atoms with van der Waals surface area (Å²) in [5.74, 6) is -5.87. The average molecular weight is 306 g/mol. The van der Waals surface area contributed by atoms with Gasteiger partial charge in [0.05, 0.1) is 20.1 Å². The third kappa shape index (κ3) is 4.21. The summed E-state index contributed by atoms with van der Waals surface area (Å²) < 4.78 is 62.4. The van der Waals surface area contributed by atoms with Crippen LogP contribution in [-0.2, 0) is 9.53 Å². The largest absolute Gasteiger partial charge is 0.496 e. The molecule has 0 atom stereocenters. The number of alkyl halides is 2. The second-order valence-corrected chi connectivity index (χ2v) is 4.04. The highest BCUT2D eigenvalue weighted by atomic mass is 19.3. The summed E-state index contributed by atoms with van der Waals surface area (Å²) in [7, 11) is 1.23. The van der Waals surface area contributed by atoms with Crippen LogP contribution >= 0.6 is 0 Å². The average Bonchev–Trinajstić information content (AvgIpc) is 2.44. The van der Waals surface area contributed by atoms with E-state index < -0.39 is 30.0 Å². The first-order valence-electron chi connectivity index (χ1n) is 6.06. The molecule has 116 valence electrons. The second kappa shape index (κ2) is 7.10. The van der Waals surface area contributed by atoms with Crippen LogP contribution in [-0.4, -0.2) is 25.6 Å². The first-order chi connectivity index (χ1) is 9.83. The molecule has 0 aliphatic heterocycles. The molecule has 0 aliphatic carbocycles. The molecule has 7 heteroatoms. The van der Waals surface area contributed by atoms with Gasteiger partial charge in [0.2, 0.25) is 0 Å². The summed E-state index contributed by atoms with van der Waals surface area (Å²) in [5.41, 5.74) is -1.14. The molecule has 3 nitrogen and oxygen atoms in total. The lowest BCUT2D eigenvalue weighted by molar-refractivity contribution is -0.170. The standard InChI is InChI=1S/C14H14F4O3/c1-3-21-13(19)14(17,18)8-10(12(15)16)9-6-4-5-7-11(9)20-2/h4-7H,3,8H2,1-2H3. The number of rotatable bonds is 6. The van der Waals surface area contributed by atoms with Crippen LogP contribution in [0.25, 0.3) is 5.57 Å². The molecule has 1 aromatic carbocycles. The van der Waals surface area contributed by atoms with Crippen LogP contribution in [0.3, 0.4) is 0 Å². The highest BCUT2D eigenvalue weighted by Gasteiger charge is 2.42. The molecular weight excluding hydrogens is 292 g/mol. The van der Waals surface area contributed by atoms with E-state index in [1.165, 1.54) is 38.3 Å². The number of hydrogen-bond acceptors (Lipinski definition) is 3. The van der Waals surface area contributed by atoms with E-state index >= 15 is 0 Å². The van der Waals surface area contributed by atoms with E-state index in [1.807, 2.05) is 0 Å². The zero-order valence-corrected chi connectivity index (χ0v) is 11.5. The van der Waals surface area contributed by atoms with Gasteiger partial charge in [-0.1, -0.05) is 18.2 Å². The Bertz CT molecular complexity index is 537. The Morgan fingerprint density at radius 3 is 2.38 bits per heavy atom. The van der Waals surface area contributed by atoms with E-state index in [2.05, 4.69) is 4.74 Å². The molecule has 0 N–H and O–H groups in total. The van der Waals surface area contributed by atoms with Crippen molar-refractivity contribution in [1.82, 2.24) is 0 Å². The van der Waals surface area contributed by atoms with Gasteiger partial charge in [0, 0.05) is 11.1 Å². The number of para-hydroxylation sites is 1. The van der Waals surface area contributed by atoms with Gasteiger partial charge < -0.3 is 9.47 Å². The van der Waals surface area contributed by atoms with Gasteiger partial charge in [-0.3, -0.25) is 0 Å². The lowest BCUT2D eigenvalue weighted by Gasteiger charge is -2.17. The molecule has 0 amide bonds. The third-order valence-corrected chi connectivity index (χ3v) is 2.63. The minimum atomic E-state index is -4.05. The molecule has 0 saturated carbocycles. The van der Waals surface area contributed by atoms with Crippen LogP contribution in [0.5, 0.6) is 5.75 Å². The summed E-state index contributed by atoms with van der Waals surface area (Å²) in [4.78, 5) is 11.1. The number of hydrogen-bond donors (Lipinski definition) is 0. The summed E-state index contributed by atoms with van der Waals surface area (Å²) >= 11 is 0. The van der Waals surface area contributed by atoms with Crippen molar-refractivity contribution in [2.24, 2.45) is 0 Å². The minimum absolute atomic E-state index is 0.0139. The quantitative estimate of drug-likeness (QED) is 0.591. The van der Waals surface area contributed by atoms with Crippen molar-refractivity contribution >= 4 is 11.5 Å². The van der Waals surface area contributed by atoms with Crippen LogP contribution in [0, 0.1) is 0 Å². The number of allylic oxidation sites excluding steroid dienone is 1. The predicted octanol–water partition coefficient (Wildman–Crippen LogP) is 3.89. The maximum atomic E-state index is 13.7. The van der Waals surface area contributed by atoms with Crippen LogP contribution in [0.15, 0.2) is 30.3 Å². The molecule has 0 spiro atoms. The minimum Gasteiger partial charge on any atom is -0.496 e. The fourth-order valence-corrected chi connectivity index (χ4v) is 1.69. The summed E-state index contributed by atoms with van der Waals surface area (Å²) in [6.45, 7) is 1.08. The fraction of sp³-hybridized carbons (Fsp3) is 0.357. The number of halogens is 4. The second-order valence-electron chi connectivity index (χ2n) is 4.04. The van der Waals surface area contributed by atoms with E-state index in [1.54, 1.807) is 0 Å². The summed E-state index contributed by atoms with van der Waals surface area (Å²) in [5, 5.41) is 0. The Labute approximate surface area is 119 Å². The summed E-state index contributed by atoms with van der Waals surface area (Å²) in [6.07, 6.45) is -3.77. The van der Waals surface area contributed by atoms with Gasteiger partial charge in [-0.25, -0.2) is 4.79 Å². The number of carbonyl (C=O) groups excluding carboxylic acids is 1. The molecule has 0 fully saturated rings. The first-order valence-corrected chi connectivity index (χ1v) is 6.06. The van der Waals surface area contributed by atoms with Gasteiger partial charge >= 0.3 is 11.9 Å². The van der Waals surface area contributed by atoms with E-state index in [-0.39, 0.29) is 17.9 Å². The molecular formula is C14H14F4O3. The van der Waals surface area contributed by atoms with Crippen molar-refractivity contribution in [2.75, 3.05) is 13.7 Å². The molecule has 21 heavy (non-hydrogen) atoms. The van der Waals surface area contributed by atoms with Crippen molar-refractivity contribution in [3.63, 3.8) is 0 Å². The number of ether oxygens (including phenoxy) is 2. The molecule has 1 rings (SSSR count). The molecule has 0 bridgehead atoms. The van der Waals surface area contributed by atoms with Crippen LogP contribution in [0.1, 0.15) is 18.9 Å². The molecule has 0 heterocycles. The van der Waals surface area contributed by atoms with Crippen molar-refractivity contribution in [3.8, 4) is 5.75 Å². The Morgan fingerprint density at radius 2 is 1.86 bits per heavy atom. The van der Waals surface area contributed by atoms with Crippen molar-refractivity contribution in [1.29, 1.82) is 0 Å². The lowest BCUT2D eigenvalue weighted by Crippen LogP contribution is -2.31. The monoisotopic (exact) mass is 306 g/mol. The Morgan fingerprint density at radius 1 is 1.24 bits per heavy atom. The zero-order chi connectivity index (χ0) is 16.0. The topological polar surface area (TPSA) is 35.5 Å². The van der Waals surface area contributed by atoms with E-state index in [4.69, 9.17) is 4.74 Å². The highest BCUT2D eigenvalue weighted by Crippen LogP contribution is 2.37. The third-order valence-electron chi connectivity index (χ3n) is 2.63. The maximum Gasteiger partial charge on any atom is 0.377 e. The first kappa shape index (κ1) is 17.0. The number of carbonyl (C=O) groups is 1. The Balaban J connectivity index is 3.16. The van der Waals surface area contributed by atoms with Gasteiger partial charge in [0.1, 0.15) is 5.75 Å². The van der Waals surface area contributed by atoms with E-state index in [0.29, 0.717) is 0 Å². The van der Waals surface area contributed by atoms with E-state index in [9.17, 15) is 22.4 Å². The van der Waals surface area contributed by atoms with Crippen LogP contribution < -0.4 is 4.74 Å². The Hall–Kier alpha value is -2.05. The number of methoxy groups -OCH3 is 1. The predicted molar refractivity (Wildman–Crippen MR) is 68.3 cm³/mol. The van der Waals surface area contributed by atoms with E-state index in [0.717, 1.165) is 0 Å². The summed E-state index contributed by atoms with van der Waals surface area (Å²) in [6, 6.07) is 5.50. The molecule has 0 aliphatic rings. The smallest absolute Gasteiger partial charge is 0.377 e. The van der Waals surface area contributed by atoms with Crippen LogP contribution in [0.4, 0.5) is 17.6 Å². The Kier molecular flexibility index (Phi) is 5.75. The lowest BCUT2D eigenvalue weighted by atomic mass is 9.99. The van der Waals surface area contributed by atoms with Gasteiger partial charge in [-0.2, -0.15) is 17.6 Å². The van der Waals surface area contributed by atoms with Gasteiger partial charge in [0.25, 0.3) is 6.08 Å². The molecule has 0 saturated heterocycles. The number of esters is 1. The fourth-order valence-electron chi connectivity index (χ4n) is 1.69. The SMILES string of the molecule is CCOC(=O)C(F)(F)CC(=C(F)F)c1ccccc1OC. The van der Waals surface area contributed by atoms with Gasteiger partial charge in [0.15, 0.2) is 0 Å². The van der Waals surface area contributed by atoms with Crippen molar-refractivity contribution in [2.45, 2.75) is 19.3 Å². The molecule has 0 radical (unpaired) electrons. The zero-order valence-electron chi connectivity index (χ0n) is 11.5. The number of benzene rings is 1.